The molecule has 8 nitrogen and oxygen atoms in total. The van der Waals surface area contributed by atoms with Gasteiger partial charge in [-0.1, -0.05) is 24.8 Å². The molecule has 0 saturated carbocycles. The molecule has 1 unspecified atom stereocenters. The molecule has 1 aromatic heterocycles. The molecule has 39 heavy (non-hydrogen) atoms. The van der Waals surface area contributed by atoms with Crippen molar-refractivity contribution in [2.75, 3.05) is 4.90 Å². The number of alkyl halides is 4. The molecule has 4 rings (SSSR count). The molecule has 2 N–H and O–H groups in total. The maximum atomic E-state index is 16.1. The van der Waals surface area contributed by atoms with Gasteiger partial charge in [0, 0.05) is 12.0 Å². The number of amides is 1. The quantitative estimate of drug-likeness (QED) is 0.333. The summed E-state index contributed by atoms with van der Waals surface area (Å²) in [6.45, 7) is 6.28. The lowest BCUT2D eigenvalue weighted by molar-refractivity contribution is -0.274. The topological polar surface area (TPSA) is 118 Å². The van der Waals surface area contributed by atoms with E-state index in [0.29, 0.717) is 5.56 Å². The van der Waals surface area contributed by atoms with Crippen molar-refractivity contribution in [1.29, 1.82) is 5.26 Å². The van der Waals surface area contributed by atoms with Gasteiger partial charge < -0.3 is 19.8 Å². The number of hydrogen-bond acceptors (Lipinski definition) is 7. The molecule has 0 spiro atoms. The summed E-state index contributed by atoms with van der Waals surface area (Å²) in [5.41, 5.74) is 2.19. The Bertz CT molecular complexity index is 1460. The Morgan fingerprint density at radius 1 is 1.28 bits per heavy atom. The molecule has 0 bridgehead atoms. The second-order valence-electron chi connectivity index (χ2n) is 9.49. The molecule has 2 aromatic carbocycles. The highest BCUT2D eigenvalue weighted by molar-refractivity contribution is 5.99. The zero-order valence-electron chi connectivity index (χ0n) is 20.7. The number of halogens is 5. The van der Waals surface area contributed by atoms with Gasteiger partial charge in [0.05, 0.1) is 29.9 Å². The summed E-state index contributed by atoms with van der Waals surface area (Å²) in [5, 5.41) is 17.0. The Labute approximate surface area is 219 Å². The molecule has 13 heteroatoms. The minimum Gasteiger partial charge on any atom is -0.419 e. The summed E-state index contributed by atoms with van der Waals surface area (Å²) in [6, 6.07) is 7.36. The number of nitrogens with zero attached hydrogens (tertiary/aromatic N) is 4. The van der Waals surface area contributed by atoms with Crippen LogP contribution in [0, 0.1) is 17.1 Å². The zero-order valence-corrected chi connectivity index (χ0v) is 20.7. The van der Waals surface area contributed by atoms with Crippen molar-refractivity contribution in [3.05, 3.63) is 71.9 Å². The average Bonchev–Trinajstić information content (AvgIpc) is 3.35. The minimum absolute atomic E-state index is 0.0818. The van der Waals surface area contributed by atoms with Crippen LogP contribution in [0.2, 0.25) is 0 Å². The van der Waals surface area contributed by atoms with Crippen molar-refractivity contribution in [3.63, 3.8) is 0 Å². The lowest BCUT2D eigenvalue weighted by atomic mass is 9.88. The van der Waals surface area contributed by atoms with Gasteiger partial charge in [-0.2, -0.15) is 5.26 Å². The van der Waals surface area contributed by atoms with Crippen LogP contribution in [0.1, 0.15) is 37.3 Å². The van der Waals surface area contributed by atoms with E-state index in [9.17, 15) is 23.2 Å². The highest BCUT2D eigenvalue weighted by Gasteiger charge is 2.43. The zero-order chi connectivity index (χ0) is 28.8. The van der Waals surface area contributed by atoms with E-state index in [1.807, 2.05) is 6.07 Å². The van der Waals surface area contributed by atoms with E-state index in [-0.39, 0.29) is 35.1 Å². The number of benzene rings is 2. The molecule has 0 aliphatic carbocycles. The van der Waals surface area contributed by atoms with Crippen molar-refractivity contribution < 1.29 is 35.9 Å². The highest BCUT2D eigenvalue weighted by atomic mass is 19.4. The van der Waals surface area contributed by atoms with E-state index in [0.717, 1.165) is 35.2 Å². The van der Waals surface area contributed by atoms with Crippen LogP contribution in [-0.2, 0) is 22.4 Å². The smallest absolute Gasteiger partial charge is 0.419 e. The van der Waals surface area contributed by atoms with E-state index >= 15 is 8.78 Å². The third-order valence-corrected chi connectivity index (χ3v) is 6.21. The second kappa shape index (κ2) is 9.77. The number of fused-ring (bicyclic) bond motifs is 1. The van der Waals surface area contributed by atoms with Crippen molar-refractivity contribution in [3.8, 4) is 23.3 Å². The first-order chi connectivity index (χ1) is 18.2. The summed E-state index contributed by atoms with van der Waals surface area (Å²) >= 11 is 0. The minimum atomic E-state index is -4.89. The number of nitrogens with two attached hydrogens (primary N) is 1. The van der Waals surface area contributed by atoms with Gasteiger partial charge in [-0.05, 0) is 43.7 Å². The molecular weight excluding hydrogens is 525 g/mol. The Morgan fingerprint density at radius 3 is 2.54 bits per heavy atom. The summed E-state index contributed by atoms with van der Waals surface area (Å²) in [5.74, 6) is -2.54. The Balaban J connectivity index is 1.83. The monoisotopic (exact) mass is 547 g/mol. The van der Waals surface area contributed by atoms with Gasteiger partial charge in [0.1, 0.15) is 17.0 Å². The normalized spacial score (nSPS) is 19.7. The van der Waals surface area contributed by atoms with Gasteiger partial charge in [-0.3, -0.25) is 4.79 Å². The molecule has 1 amide bonds. The maximum Gasteiger partial charge on any atom is 0.573 e. The summed E-state index contributed by atoms with van der Waals surface area (Å²) < 4.78 is 78.4. The van der Waals surface area contributed by atoms with Crippen LogP contribution in [0.4, 0.5) is 27.6 Å². The molecule has 3 aromatic rings. The number of aromatic nitrogens is 2. The fraction of sp³-hybridized carbons (Fsp3) is 0.308. The van der Waals surface area contributed by atoms with Crippen LogP contribution < -0.4 is 15.4 Å². The Hall–Kier alpha value is -4.31. The number of hydrogen-bond donors (Lipinski definition) is 1. The van der Waals surface area contributed by atoms with Crippen LogP contribution in [0.15, 0.2) is 53.5 Å². The van der Waals surface area contributed by atoms with Crippen molar-refractivity contribution in [2.24, 2.45) is 5.73 Å². The van der Waals surface area contributed by atoms with E-state index in [2.05, 4.69) is 21.5 Å². The molecular formula is C26H22F5N5O3. The van der Waals surface area contributed by atoms with Gasteiger partial charge in [-0.15, -0.1) is 23.4 Å². The lowest BCUT2D eigenvalue weighted by Gasteiger charge is -2.26. The highest BCUT2D eigenvalue weighted by Crippen LogP contribution is 2.44. The van der Waals surface area contributed by atoms with E-state index in [4.69, 9.17) is 10.2 Å². The fourth-order valence-electron chi connectivity index (χ4n) is 4.09. The first-order valence-electron chi connectivity index (χ1n) is 11.5. The third-order valence-electron chi connectivity index (χ3n) is 6.21. The molecule has 2 heterocycles. The Morgan fingerprint density at radius 2 is 1.95 bits per heavy atom. The van der Waals surface area contributed by atoms with Gasteiger partial charge >= 0.3 is 6.36 Å². The first-order valence-corrected chi connectivity index (χ1v) is 11.5. The van der Waals surface area contributed by atoms with Crippen LogP contribution in [-0.4, -0.2) is 28.5 Å². The summed E-state index contributed by atoms with van der Waals surface area (Å²) in [4.78, 5) is 14.4. The second-order valence-corrected chi connectivity index (χ2v) is 9.49. The van der Waals surface area contributed by atoms with Gasteiger partial charge in [0.25, 0.3) is 5.89 Å². The number of carbonyl (C=O) groups is 1. The van der Waals surface area contributed by atoms with Crippen molar-refractivity contribution >= 4 is 11.6 Å². The Kier molecular flexibility index (Phi) is 6.95. The molecule has 1 aliphatic heterocycles. The molecule has 0 radical (unpaired) electrons. The van der Waals surface area contributed by atoms with Crippen molar-refractivity contribution in [2.45, 2.75) is 50.3 Å². The number of rotatable bonds is 6. The number of nitriles is 1. The number of allylic oxidation sites excluding steroid dienone is 1. The van der Waals surface area contributed by atoms with Crippen LogP contribution in [0.25, 0.3) is 11.5 Å². The van der Waals surface area contributed by atoms with E-state index in [1.54, 1.807) is 0 Å². The molecule has 2 atom stereocenters. The SMILES string of the molecule is C=CC1(F)C[C@H](N)C(=O)N(Cc2ccc(OC(F)(F)F)cc2)c2cc(-c3nnc(C(C)(C)C#N)o3)c(F)cc21. The van der Waals surface area contributed by atoms with Crippen LogP contribution >= 0.6 is 0 Å². The van der Waals surface area contributed by atoms with Gasteiger partial charge in [0.2, 0.25) is 11.8 Å². The van der Waals surface area contributed by atoms with Gasteiger partial charge in [-0.25, -0.2) is 8.78 Å². The predicted molar refractivity (Wildman–Crippen MR) is 128 cm³/mol. The predicted octanol–water partition coefficient (Wildman–Crippen LogP) is 5.19. The summed E-state index contributed by atoms with van der Waals surface area (Å²) in [6.07, 6.45) is -4.50. The third kappa shape index (κ3) is 5.46. The maximum absolute atomic E-state index is 16.1. The molecule has 1 aliphatic rings. The van der Waals surface area contributed by atoms with E-state index < -0.39 is 47.4 Å². The number of ether oxygens (including phenoxy) is 1. The summed E-state index contributed by atoms with van der Waals surface area (Å²) in [7, 11) is 0. The largest absolute Gasteiger partial charge is 0.573 e. The molecule has 0 fully saturated rings. The van der Waals surface area contributed by atoms with Crippen molar-refractivity contribution in [1.82, 2.24) is 10.2 Å². The standard InChI is InChI=1S/C26H22F5N5O3/c1-4-25(28)11-19(33)22(37)36(12-14-5-7-15(8-6-14)39-26(29,30)31)20-9-16(18(27)10-17(20)25)21-34-35-23(38-21)24(2,3)13-32/h4-10,19H,1,11-12,33H2,2-3H3/t19-,25?/m0/s1. The first kappa shape index (κ1) is 27.7. The molecule has 204 valence electrons. The lowest BCUT2D eigenvalue weighted by Crippen LogP contribution is -2.43. The van der Waals surface area contributed by atoms with Crippen LogP contribution in [0.5, 0.6) is 5.75 Å². The van der Waals surface area contributed by atoms with Crippen LogP contribution in [0.3, 0.4) is 0 Å². The van der Waals surface area contributed by atoms with E-state index in [1.165, 1.54) is 26.0 Å². The fourth-order valence-corrected chi connectivity index (χ4v) is 4.09. The number of anilines is 1. The van der Waals surface area contributed by atoms with Gasteiger partial charge in [0.15, 0.2) is 5.67 Å². The molecule has 0 saturated heterocycles. The number of carbonyl (C=O) groups excluding carboxylic acids is 1. The average molecular weight is 547 g/mol.